The Labute approximate surface area is 129 Å². The Balaban J connectivity index is 1.90. The van der Waals surface area contributed by atoms with E-state index in [-0.39, 0.29) is 12.1 Å². The number of ether oxygens (including phenoxy) is 4. The lowest BCUT2D eigenvalue weighted by atomic mass is 10.0. The first-order chi connectivity index (χ1) is 10.3. The topological polar surface area (TPSA) is 49.0 Å². The lowest BCUT2D eigenvalue weighted by Crippen LogP contribution is -2.39. The van der Waals surface area contributed by atoms with Gasteiger partial charge in [-0.15, -0.1) is 0 Å². The van der Waals surface area contributed by atoms with Gasteiger partial charge in [-0.25, -0.2) is 0 Å². The zero-order chi connectivity index (χ0) is 14.7. The van der Waals surface area contributed by atoms with Crippen LogP contribution in [0.1, 0.15) is 18.0 Å². The Morgan fingerprint density at radius 1 is 1.14 bits per heavy atom. The van der Waals surface area contributed by atoms with Gasteiger partial charge in [-0.3, -0.25) is 0 Å². The highest BCUT2D eigenvalue weighted by atomic mass is 35.5. The molecule has 21 heavy (non-hydrogen) atoms. The van der Waals surface area contributed by atoms with Crippen molar-refractivity contribution in [3.63, 3.8) is 0 Å². The van der Waals surface area contributed by atoms with Crippen LogP contribution in [0.15, 0.2) is 12.1 Å². The second-order valence-electron chi connectivity index (χ2n) is 5.12. The van der Waals surface area contributed by atoms with E-state index in [1.807, 2.05) is 19.2 Å². The van der Waals surface area contributed by atoms with Crippen LogP contribution in [0.4, 0.5) is 0 Å². The fraction of sp³-hybridized carbons (Fsp3) is 0.600. The molecule has 0 bridgehead atoms. The molecule has 2 unspecified atom stereocenters. The normalized spacial score (nSPS) is 23.4. The molecule has 1 aromatic carbocycles. The maximum Gasteiger partial charge on any atom is 0.162 e. The van der Waals surface area contributed by atoms with Crippen LogP contribution in [0.3, 0.4) is 0 Å². The molecule has 2 aliphatic rings. The summed E-state index contributed by atoms with van der Waals surface area (Å²) in [4.78, 5) is 0. The van der Waals surface area contributed by atoms with Crippen molar-refractivity contribution in [1.82, 2.24) is 5.32 Å². The van der Waals surface area contributed by atoms with Crippen molar-refractivity contribution < 1.29 is 18.9 Å². The maximum absolute atomic E-state index is 6.44. The van der Waals surface area contributed by atoms with Gasteiger partial charge in [0.2, 0.25) is 0 Å². The van der Waals surface area contributed by atoms with Crippen molar-refractivity contribution in [2.24, 2.45) is 0 Å². The number of rotatable bonds is 3. The molecular formula is C15H20ClNO4. The van der Waals surface area contributed by atoms with E-state index in [1.165, 1.54) is 0 Å². The molecular weight excluding hydrogens is 294 g/mol. The highest BCUT2D eigenvalue weighted by Crippen LogP contribution is 2.38. The van der Waals surface area contributed by atoms with E-state index >= 15 is 0 Å². The summed E-state index contributed by atoms with van der Waals surface area (Å²) in [5.41, 5.74) is 0.943. The third kappa shape index (κ3) is 3.26. The predicted octanol–water partition coefficient (Wildman–Crippen LogP) is 2.18. The number of benzene rings is 1. The monoisotopic (exact) mass is 313 g/mol. The summed E-state index contributed by atoms with van der Waals surface area (Å²) in [5, 5.41) is 3.91. The predicted molar refractivity (Wildman–Crippen MR) is 79.4 cm³/mol. The van der Waals surface area contributed by atoms with Gasteiger partial charge in [0.05, 0.1) is 39.1 Å². The van der Waals surface area contributed by atoms with Gasteiger partial charge in [-0.2, -0.15) is 0 Å². The van der Waals surface area contributed by atoms with Crippen molar-refractivity contribution in [2.75, 3.05) is 40.1 Å². The van der Waals surface area contributed by atoms with Crippen molar-refractivity contribution in [1.29, 1.82) is 0 Å². The molecule has 0 radical (unpaired) electrons. The van der Waals surface area contributed by atoms with Gasteiger partial charge in [0.1, 0.15) is 6.10 Å². The first-order valence-electron chi connectivity index (χ1n) is 7.25. The second kappa shape index (κ2) is 6.83. The van der Waals surface area contributed by atoms with Crippen molar-refractivity contribution >= 4 is 11.6 Å². The molecule has 5 nitrogen and oxygen atoms in total. The number of hydrogen-bond acceptors (Lipinski definition) is 5. The van der Waals surface area contributed by atoms with Gasteiger partial charge in [-0.1, -0.05) is 11.6 Å². The molecule has 1 saturated heterocycles. The highest BCUT2D eigenvalue weighted by molar-refractivity contribution is 6.31. The minimum absolute atomic E-state index is 0.0463. The number of hydrogen-bond donors (Lipinski definition) is 1. The van der Waals surface area contributed by atoms with E-state index in [0.717, 1.165) is 17.7 Å². The van der Waals surface area contributed by atoms with Gasteiger partial charge in [0.25, 0.3) is 0 Å². The Morgan fingerprint density at radius 2 is 1.90 bits per heavy atom. The van der Waals surface area contributed by atoms with E-state index in [9.17, 15) is 0 Å². The van der Waals surface area contributed by atoms with Gasteiger partial charge < -0.3 is 24.3 Å². The summed E-state index contributed by atoms with van der Waals surface area (Å²) in [5.74, 6) is 1.45. The SMILES string of the molecule is CNC(c1cc2c(cc1Cl)OCCCO2)C1COCCO1. The molecule has 2 heterocycles. The van der Waals surface area contributed by atoms with Crippen molar-refractivity contribution in [2.45, 2.75) is 18.6 Å². The fourth-order valence-electron chi connectivity index (χ4n) is 2.68. The molecule has 6 heteroatoms. The molecule has 3 rings (SSSR count). The molecule has 0 amide bonds. The molecule has 116 valence electrons. The zero-order valence-corrected chi connectivity index (χ0v) is 12.8. The number of fused-ring (bicyclic) bond motifs is 1. The number of halogens is 1. The van der Waals surface area contributed by atoms with Gasteiger partial charge >= 0.3 is 0 Å². The fourth-order valence-corrected chi connectivity index (χ4v) is 2.95. The van der Waals surface area contributed by atoms with Gasteiger partial charge in [-0.05, 0) is 18.7 Å². The van der Waals surface area contributed by atoms with Gasteiger partial charge in [0.15, 0.2) is 11.5 Å². The van der Waals surface area contributed by atoms with E-state index < -0.39 is 0 Å². The van der Waals surface area contributed by atoms with E-state index in [1.54, 1.807) is 0 Å². The molecule has 0 aromatic heterocycles. The summed E-state index contributed by atoms with van der Waals surface area (Å²) in [6.45, 7) is 3.10. The van der Waals surface area contributed by atoms with Crippen LogP contribution >= 0.6 is 11.6 Å². The lowest BCUT2D eigenvalue weighted by molar-refractivity contribution is -0.101. The zero-order valence-electron chi connectivity index (χ0n) is 12.1. The molecule has 0 spiro atoms. The van der Waals surface area contributed by atoms with Gasteiger partial charge in [0, 0.05) is 17.5 Å². The number of likely N-dealkylation sites (N-methyl/N-ethyl adjacent to an activating group) is 1. The van der Waals surface area contributed by atoms with Crippen LogP contribution in [0.5, 0.6) is 11.5 Å². The molecule has 1 aromatic rings. The first kappa shape index (κ1) is 14.9. The standard InChI is InChI=1S/C15H20ClNO4/c1-17-15(14-9-18-5-6-21-14)10-7-12-13(8-11(10)16)20-4-2-3-19-12/h7-8,14-15,17H,2-6,9H2,1H3. The molecule has 1 fully saturated rings. The van der Waals surface area contributed by atoms with E-state index in [2.05, 4.69) is 5.32 Å². The molecule has 1 N–H and O–H groups in total. The summed E-state index contributed by atoms with van der Waals surface area (Å²) in [6.07, 6.45) is 0.808. The Hall–Kier alpha value is -1.01. The van der Waals surface area contributed by atoms with Crippen LogP contribution in [0.2, 0.25) is 5.02 Å². The van der Waals surface area contributed by atoms with Crippen LogP contribution in [0.25, 0.3) is 0 Å². The third-order valence-corrected chi connectivity index (χ3v) is 4.05. The largest absolute Gasteiger partial charge is 0.490 e. The Bertz CT molecular complexity index is 491. The van der Waals surface area contributed by atoms with Crippen molar-refractivity contribution in [3.05, 3.63) is 22.7 Å². The Kier molecular flexibility index (Phi) is 4.85. The average Bonchev–Trinajstić information content (AvgIpc) is 2.74. The third-order valence-electron chi connectivity index (χ3n) is 3.73. The quantitative estimate of drug-likeness (QED) is 0.927. The molecule has 2 atom stereocenters. The summed E-state index contributed by atoms with van der Waals surface area (Å²) in [7, 11) is 1.89. The van der Waals surface area contributed by atoms with Crippen molar-refractivity contribution in [3.8, 4) is 11.5 Å². The maximum atomic E-state index is 6.44. The molecule has 0 aliphatic carbocycles. The summed E-state index contributed by atoms with van der Waals surface area (Å²) >= 11 is 6.44. The van der Waals surface area contributed by atoms with E-state index in [0.29, 0.717) is 43.8 Å². The summed E-state index contributed by atoms with van der Waals surface area (Å²) < 4.78 is 22.7. The van der Waals surface area contributed by atoms with Crippen LogP contribution < -0.4 is 14.8 Å². The highest BCUT2D eigenvalue weighted by Gasteiger charge is 2.28. The average molecular weight is 314 g/mol. The second-order valence-corrected chi connectivity index (χ2v) is 5.53. The molecule has 0 saturated carbocycles. The first-order valence-corrected chi connectivity index (χ1v) is 7.63. The van der Waals surface area contributed by atoms with Crippen LogP contribution in [-0.2, 0) is 9.47 Å². The van der Waals surface area contributed by atoms with E-state index in [4.69, 9.17) is 30.5 Å². The Morgan fingerprint density at radius 3 is 2.57 bits per heavy atom. The smallest absolute Gasteiger partial charge is 0.162 e. The van der Waals surface area contributed by atoms with Crippen LogP contribution in [-0.4, -0.2) is 46.2 Å². The molecule has 2 aliphatic heterocycles. The minimum atomic E-state index is -0.0639. The van der Waals surface area contributed by atoms with Crippen LogP contribution in [0, 0.1) is 0 Å². The number of nitrogens with one attached hydrogen (secondary N) is 1. The lowest BCUT2D eigenvalue weighted by Gasteiger charge is -2.31. The summed E-state index contributed by atoms with van der Waals surface area (Å²) in [6, 6.07) is 3.73. The minimum Gasteiger partial charge on any atom is -0.490 e.